The first-order valence-corrected chi connectivity index (χ1v) is 27.5. The summed E-state index contributed by atoms with van der Waals surface area (Å²) in [5, 5.41) is 21.9. The molecule has 6 aromatic carbocycles. The zero-order valence-electron chi connectivity index (χ0n) is 48.0. The zero-order valence-corrected chi connectivity index (χ0v) is 48.0. The summed E-state index contributed by atoms with van der Waals surface area (Å²) >= 11 is 0. The van der Waals surface area contributed by atoms with E-state index in [9.17, 15) is 24.0 Å². The fraction of sp³-hybridized carbons (Fsp3) is 0.317. The van der Waals surface area contributed by atoms with Crippen LogP contribution in [0.4, 0.5) is 25.8 Å². The summed E-state index contributed by atoms with van der Waals surface area (Å²) in [5.41, 5.74) is 14.7. The molecule has 0 spiro atoms. The van der Waals surface area contributed by atoms with Gasteiger partial charge in [0.25, 0.3) is 0 Å². The molecule has 0 radical (unpaired) electrons. The molecule has 4 aliphatic rings. The molecule has 4 aliphatic heterocycles. The molecule has 84 heavy (non-hydrogen) atoms. The number of aromatic nitrogens is 4. The molecule has 0 bridgehead atoms. The Hall–Kier alpha value is -9.47. The van der Waals surface area contributed by atoms with Gasteiger partial charge in [-0.3, -0.25) is 9.59 Å². The lowest BCUT2D eigenvalue weighted by atomic mass is 10.00. The van der Waals surface area contributed by atoms with Crippen molar-refractivity contribution in [3.05, 3.63) is 192 Å². The van der Waals surface area contributed by atoms with Crippen LogP contribution in [0.1, 0.15) is 40.2 Å². The van der Waals surface area contributed by atoms with Gasteiger partial charge in [-0.15, -0.1) is 0 Å². The Kier molecular flexibility index (Phi) is 23.0. The fourth-order valence-corrected chi connectivity index (χ4v) is 9.20. The highest BCUT2D eigenvalue weighted by Crippen LogP contribution is 2.30. The molecule has 442 valence electrons. The summed E-state index contributed by atoms with van der Waals surface area (Å²) in [5.74, 6) is 1.32. The lowest BCUT2D eigenvalue weighted by molar-refractivity contribution is -0.150. The molecule has 2 aromatic heterocycles. The summed E-state index contributed by atoms with van der Waals surface area (Å²) in [6.45, 7) is 5.45. The van der Waals surface area contributed by atoms with Crippen LogP contribution < -0.4 is 16.4 Å². The second kappa shape index (κ2) is 31.1. The smallest absolute Gasteiger partial charge is 0.410 e. The van der Waals surface area contributed by atoms with E-state index in [2.05, 4.69) is 60.8 Å². The molecule has 4 saturated heterocycles. The second-order valence-electron chi connectivity index (χ2n) is 20.0. The number of hydrogen-bond donors (Lipinski definition) is 5. The number of carbonyl (C=O) groups is 5. The SMILES string of the molecule is CNc1ccccc1N.CO.COC(=O)C1CN(C(=O)OCc2ccccc2)C1.Cn1c(C2CN(C(=O)OCc3ccccc3)C2)nc2ccccc21.Cn1c(C2CNC2)nc2ccccc21.O=C(O)C1CN(C(=O)OCc2ccccc2)C1. The van der Waals surface area contributed by atoms with Crippen LogP contribution in [0.25, 0.3) is 22.1 Å². The number of esters is 1. The highest BCUT2D eigenvalue weighted by atomic mass is 16.6. The van der Waals surface area contributed by atoms with Crippen molar-refractivity contribution in [3.63, 3.8) is 0 Å². The predicted molar refractivity (Wildman–Crippen MR) is 320 cm³/mol. The van der Waals surface area contributed by atoms with Gasteiger partial charge in [0, 0.05) is 86.5 Å². The number of carboxylic acids is 1. The maximum atomic E-state index is 12.1. The van der Waals surface area contributed by atoms with Gasteiger partial charge in [0.15, 0.2) is 0 Å². The molecule has 3 amide bonds. The number of rotatable bonds is 11. The van der Waals surface area contributed by atoms with Gasteiger partial charge in [0.05, 0.1) is 58.3 Å². The van der Waals surface area contributed by atoms with E-state index in [-0.39, 0.29) is 56.3 Å². The fourth-order valence-electron chi connectivity index (χ4n) is 9.20. The number of fused-ring (bicyclic) bond motifs is 2. The van der Waals surface area contributed by atoms with Crippen molar-refractivity contribution >= 4 is 63.7 Å². The Bertz CT molecular complexity index is 3380. The monoisotopic (exact) mass is 1150 g/mol. The van der Waals surface area contributed by atoms with Gasteiger partial charge in [-0.1, -0.05) is 127 Å². The molecule has 8 aromatic rings. The number of aliphatic hydroxyl groups is 1. The molecule has 6 heterocycles. The number of nitrogens with one attached hydrogen (secondary N) is 2. The van der Waals surface area contributed by atoms with Crippen LogP contribution in [-0.4, -0.2) is 148 Å². The van der Waals surface area contributed by atoms with Crippen LogP contribution in [-0.2, 0) is 62.5 Å². The maximum Gasteiger partial charge on any atom is 0.410 e. The van der Waals surface area contributed by atoms with Crippen molar-refractivity contribution in [1.29, 1.82) is 0 Å². The number of carbonyl (C=O) groups excluding carboxylic acids is 4. The van der Waals surface area contributed by atoms with Gasteiger partial charge >= 0.3 is 30.2 Å². The summed E-state index contributed by atoms with van der Waals surface area (Å²) in [6.07, 6.45) is -1.10. The number of aryl methyl sites for hydroxylation is 2. The zero-order chi connectivity index (χ0) is 60.0. The van der Waals surface area contributed by atoms with Gasteiger partial charge in [-0.2, -0.15) is 0 Å². The van der Waals surface area contributed by atoms with Crippen LogP contribution in [0.2, 0.25) is 0 Å². The van der Waals surface area contributed by atoms with Crippen molar-refractivity contribution in [3.8, 4) is 0 Å². The number of carboxylic acid groups (broad SMARTS) is 1. The van der Waals surface area contributed by atoms with Crippen molar-refractivity contribution in [2.45, 2.75) is 31.7 Å². The Morgan fingerprint density at radius 1 is 0.536 bits per heavy atom. The molecule has 4 fully saturated rings. The molecule has 12 rings (SSSR count). The lowest BCUT2D eigenvalue weighted by Gasteiger charge is -2.37. The van der Waals surface area contributed by atoms with Crippen LogP contribution in [0.15, 0.2) is 164 Å². The highest BCUT2D eigenvalue weighted by molar-refractivity contribution is 5.79. The van der Waals surface area contributed by atoms with Gasteiger partial charge in [-0.25, -0.2) is 24.4 Å². The number of aliphatic hydroxyl groups excluding tert-OH is 1. The molecular formula is C63H74N10O11. The van der Waals surface area contributed by atoms with Crippen molar-refractivity contribution in [2.24, 2.45) is 25.9 Å². The number of ether oxygens (including phenoxy) is 4. The predicted octanol–water partition coefficient (Wildman–Crippen LogP) is 8.26. The minimum Gasteiger partial charge on any atom is -0.481 e. The molecule has 0 saturated carbocycles. The molecule has 6 N–H and O–H groups in total. The third-order valence-corrected chi connectivity index (χ3v) is 14.3. The number of benzene rings is 6. The molecular weight excluding hydrogens is 1070 g/mol. The number of methoxy groups -OCH3 is 1. The van der Waals surface area contributed by atoms with Gasteiger partial charge in [0.1, 0.15) is 31.5 Å². The Labute approximate surface area is 488 Å². The Balaban J connectivity index is 0.000000154. The van der Waals surface area contributed by atoms with Gasteiger partial charge < -0.3 is 69.4 Å². The van der Waals surface area contributed by atoms with Crippen molar-refractivity contribution in [2.75, 3.05) is 84.7 Å². The van der Waals surface area contributed by atoms with Crippen LogP contribution in [0, 0.1) is 11.8 Å². The number of para-hydroxylation sites is 6. The number of imidazole rings is 2. The maximum absolute atomic E-state index is 12.1. The van der Waals surface area contributed by atoms with E-state index in [4.69, 9.17) is 35.1 Å². The number of hydrogen-bond acceptors (Lipinski definition) is 15. The number of nitrogens with zero attached hydrogens (tertiary/aromatic N) is 7. The highest BCUT2D eigenvalue weighted by Gasteiger charge is 2.38. The number of aliphatic carboxylic acids is 1. The van der Waals surface area contributed by atoms with E-state index in [0.717, 1.165) is 70.6 Å². The quantitative estimate of drug-likeness (QED) is 0.0464. The molecule has 0 aliphatic carbocycles. The van der Waals surface area contributed by atoms with Crippen molar-refractivity contribution < 1.29 is 53.1 Å². The van der Waals surface area contributed by atoms with Crippen LogP contribution in [0.5, 0.6) is 0 Å². The lowest BCUT2D eigenvalue weighted by Crippen LogP contribution is -2.53. The van der Waals surface area contributed by atoms with E-state index in [1.54, 1.807) is 4.90 Å². The Morgan fingerprint density at radius 3 is 1.26 bits per heavy atom. The van der Waals surface area contributed by atoms with E-state index >= 15 is 0 Å². The number of nitrogens with two attached hydrogens (primary N) is 1. The minimum atomic E-state index is -0.864. The van der Waals surface area contributed by atoms with Gasteiger partial charge in [-0.05, 0) is 53.1 Å². The second-order valence-corrected chi connectivity index (χ2v) is 20.0. The average Bonchev–Trinajstić information content (AvgIpc) is 3.04. The third-order valence-electron chi connectivity index (χ3n) is 14.3. The molecule has 0 unspecified atom stereocenters. The minimum absolute atomic E-state index is 0.209. The average molecular weight is 1150 g/mol. The van der Waals surface area contributed by atoms with Crippen LogP contribution in [0.3, 0.4) is 0 Å². The number of anilines is 2. The summed E-state index contributed by atoms with van der Waals surface area (Å²) in [6, 6.07) is 52.6. The van der Waals surface area contributed by atoms with E-state index in [1.807, 2.05) is 154 Å². The van der Waals surface area contributed by atoms with Crippen LogP contribution >= 0.6 is 0 Å². The van der Waals surface area contributed by atoms with E-state index in [1.165, 1.54) is 28.3 Å². The first kappa shape index (κ1) is 62.1. The molecule has 0 atom stereocenters. The van der Waals surface area contributed by atoms with Gasteiger partial charge in [0.2, 0.25) is 0 Å². The topological polar surface area (TPSA) is 258 Å². The van der Waals surface area contributed by atoms with Crippen molar-refractivity contribution in [1.82, 2.24) is 39.1 Å². The summed E-state index contributed by atoms with van der Waals surface area (Å²) < 4.78 is 24.5. The number of nitrogen functional groups attached to an aromatic ring is 1. The Morgan fingerprint density at radius 2 is 0.905 bits per heavy atom. The number of amides is 3. The standard InChI is InChI=1S/C19H19N3O2.C13H15NO4.C12H13NO4.C11H13N3.C7H10N2.CH4O/c1-21-17-10-6-5-9-16(17)20-18(21)15-11-22(12-15)19(23)24-13-14-7-3-2-4-8-14;1-17-12(15)11-7-14(8-11)13(16)18-9-10-5-3-2-4-6-10;14-11(15)10-6-13(7-10)12(16)17-8-9-4-2-1-3-5-9;1-14-10-5-3-2-4-9(10)13-11(14)8-6-12-7-8;1-9-7-5-3-2-4-6(7)8;1-2/h2-10,15H,11-13H2,1H3;2-6,11H,7-9H2,1H3;1-5,10H,6-8H2,(H,14,15);2-5,8,12H,6-7H2,1H3;2-5,9H,8H2,1H3;2H,1H3. The summed E-state index contributed by atoms with van der Waals surface area (Å²) in [4.78, 5) is 70.9. The van der Waals surface area contributed by atoms with E-state index in [0.29, 0.717) is 38.7 Å². The van der Waals surface area contributed by atoms with E-state index < -0.39 is 18.0 Å². The summed E-state index contributed by atoms with van der Waals surface area (Å²) in [7, 11) is 8.33. The normalized spacial score (nSPS) is 14.3. The third kappa shape index (κ3) is 16.8. The molecule has 21 nitrogen and oxygen atoms in total. The molecule has 21 heteroatoms. The number of likely N-dealkylation sites (tertiary alicyclic amines) is 3. The largest absolute Gasteiger partial charge is 0.481 e. The first-order chi connectivity index (χ1) is 40.8. The first-order valence-electron chi connectivity index (χ1n) is 27.5.